The van der Waals surface area contributed by atoms with E-state index in [0.29, 0.717) is 6.42 Å². The average molecular weight is 306 g/mol. The second-order valence-corrected chi connectivity index (χ2v) is 5.46. The summed E-state index contributed by atoms with van der Waals surface area (Å²) in [6.45, 7) is 1.89. The Morgan fingerprint density at radius 1 is 1.32 bits per heavy atom. The zero-order valence-electron chi connectivity index (χ0n) is 12.8. The lowest BCUT2D eigenvalue weighted by atomic mass is 9.61. The third kappa shape index (κ3) is 2.80. The van der Waals surface area contributed by atoms with Crippen LogP contribution in [0.5, 0.6) is 0 Å². The third-order valence-corrected chi connectivity index (χ3v) is 4.19. The fourth-order valence-corrected chi connectivity index (χ4v) is 2.93. The van der Waals surface area contributed by atoms with Gasteiger partial charge >= 0.3 is 11.9 Å². The van der Waals surface area contributed by atoms with Crippen molar-refractivity contribution in [3.63, 3.8) is 0 Å². The lowest BCUT2D eigenvalue weighted by Gasteiger charge is -2.37. The number of rotatable bonds is 4. The highest BCUT2D eigenvalue weighted by molar-refractivity contribution is 5.96. The van der Waals surface area contributed by atoms with Gasteiger partial charge in [0, 0.05) is 12.3 Å². The van der Waals surface area contributed by atoms with Crippen molar-refractivity contribution in [3.8, 4) is 12.1 Å². The molecule has 0 saturated heterocycles. The summed E-state index contributed by atoms with van der Waals surface area (Å²) < 4.78 is 9.18. The lowest BCUT2D eigenvalue weighted by molar-refractivity contribution is -0.166. The first-order valence-electron chi connectivity index (χ1n) is 6.88. The van der Waals surface area contributed by atoms with E-state index in [4.69, 9.17) is 0 Å². The first-order chi connectivity index (χ1) is 10.4. The minimum absolute atomic E-state index is 0.0945. The summed E-state index contributed by atoms with van der Waals surface area (Å²) in [6, 6.07) is 3.38. The van der Waals surface area contributed by atoms with Crippen LogP contribution in [0, 0.1) is 45.8 Å². The van der Waals surface area contributed by atoms with Crippen molar-refractivity contribution >= 4 is 17.7 Å². The standard InChI is InChI=1S/C15H18N2O5/c1-9-4-5-12(18)10(6-9)15(8-17,14(20)22-3)11(7-16)13(19)21-2/h9-11H,4-6H2,1-3H3. The van der Waals surface area contributed by atoms with E-state index < -0.39 is 29.2 Å². The number of nitrogens with zero attached hydrogens (tertiary/aromatic N) is 2. The van der Waals surface area contributed by atoms with Gasteiger partial charge in [0.25, 0.3) is 0 Å². The van der Waals surface area contributed by atoms with Gasteiger partial charge in [0.05, 0.1) is 26.4 Å². The molecule has 7 nitrogen and oxygen atoms in total. The number of methoxy groups -OCH3 is 2. The quantitative estimate of drug-likeness (QED) is 0.710. The highest BCUT2D eigenvalue weighted by Gasteiger charge is 2.60. The van der Waals surface area contributed by atoms with Crippen LogP contribution in [-0.4, -0.2) is 31.9 Å². The number of ketones is 1. The Bertz CT molecular complexity index is 559. The first-order valence-corrected chi connectivity index (χ1v) is 6.88. The van der Waals surface area contributed by atoms with Gasteiger partial charge in [-0.3, -0.25) is 14.4 Å². The number of hydrogen-bond donors (Lipinski definition) is 0. The van der Waals surface area contributed by atoms with E-state index in [1.54, 1.807) is 12.1 Å². The maximum absolute atomic E-state index is 12.3. The van der Waals surface area contributed by atoms with E-state index >= 15 is 0 Å². The molecule has 0 bridgehead atoms. The number of hydrogen-bond acceptors (Lipinski definition) is 7. The number of carbonyl (C=O) groups is 3. The van der Waals surface area contributed by atoms with Gasteiger partial charge in [-0.25, -0.2) is 0 Å². The van der Waals surface area contributed by atoms with Gasteiger partial charge in [0.2, 0.25) is 0 Å². The van der Waals surface area contributed by atoms with Gasteiger partial charge in [0.1, 0.15) is 5.78 Å². The van der Waals surface area contributed by atoms with Gasteiger partial charge < -0.3 is 9.47 Å². The smallest absolute Gasteiger partial charge is 0.328 e. The molecule has 0 radical (unpaired) electrons. The summed E-state index contributed by atoms with van der Waals surface area (Å²) >= 11 is 0. The van der Waals surface area contributed by atoms with E-state index in [-0.39, 0.29) is 24.5 Å². The molecule has 1 fully saturated rings. The molecular formula is C15H18N2O5. The maximum atomic E-state index is 12.3. The lowest BCUT2D eigenvalue weighted by Crippen LogP contribution is -2.51. The molecule has 1 rings (SSSR count). The minimum Gasteiger partial charge on any atom is -0.468 e. The summed E-state index contributed by atoms with van der Waals surface area (Å²) in [5.41, 5.74) is -2.18. The van der Waals surface area contributed by atoms with Crippen molar-refractivity contribution in [1.29, 1.82) is 10.5 Å². The van der Waals surface area contributed by atoms with E-state index in [1.807, 2.05) is 6.92 Å². The highest BCUT2D eigenvalue weighted by atomic mass is 16.5. The summed E-state index contributed by atoms with van der Waals surface area (Å²) in [7, 11) is 2.11. The summed E-state index contributed by atoms with van der Waals surface area (Å²) in [6.07, 6.45) is 1.09. The van der Waals surface area contributed by atoms with Crippen LogP contribution in [-0.2, 0) is 23.9 Å². The molecule has 0 aromatic carbocycles. The van der Waals surface area contributed by atoms with Crippen molar-refractivity contribution in [3.05, 3.63) is 0 Å². The zero-order valence-corrected chi connectivity index (χ0v) is 12.8. The second-order valence-electron chi connectivity index (χ2n) is 5.46. The average Bonchev–Trinajstić information content (AvgIpc) is 2.53. The summed E-state index contributed by atoms with van der Waals surface area (Å²) in [5, 5.41) is 18.9. The summed E-state index contributed by atoms with van der Waals surface area (Å²) in [5.74, 6) is -5.07. The largest absolute Gasteiger partial charge is 0.468 e. The predicted octanol–water partition coefficient (Wildman–Crippen LogP) is 0.987. The van der Waals surface area contributed by atoms with Crippen LogP contribution >= 0.6 is 0 Å². The molecule has 0 heterocycles. The molecule has 4 unspecified atom stereocenters. The number of Topliss-reactive ketones (excluding diaryl/α,β-unsaturated/α-hetero) is 1. The molecule has 0 N–H and O–H groups in total. The van der Waals surface area contributed by atoms with Crippen LogP contribution in [0.2, 0.25) is 0 Å². The molecule has 0 spiro atoms. The number of nitriles is 2. The predicted molar refractivity (Wildman–Crippen MR) is 72.7 cm³/mol. The van der Waals surface area contributed by atoms with E-state index in [0.717, 1.165) is 14.2 Å². The monoisotopic (exact) mass is 306 g/mol. The topological polar surface area (TPSA) is 117 Å². The van der Waals surface area contributed by atoms with Crippen LogP contribution in [0.4, 0.5) is 0 Å². The van der Waals surface area contributed by atoms with Crippen molar-refractivity contribution in [1.82, 2.24) is 0 Å². The number of ether oxygens (including phenoxy) is 2. The molecule has 7 heteroatoms. The molecule has 1 aliphatic rings. The normalized spacial score (nSPS) is 25.0. The Labute approximate surface area is 128 Å². The van der Waals surface area contributed by atoms with Gasteiger partial charge in [-0.1, -0.05) is 6.92 Å². The number of carbonyl (C=O) groups excluding carboxylic acids is 3. The van der Waals surface area contributed by atoms with Crippen molar-refractivity contribution in [2.24, 2.45) is 23.2 Å². The highest BCUT2D eigenvalue weighted by Crippen LogP contribution is 2.44. The maximum Gasteiger partial charge on any atom is 0.328 e. The molecule has 0 aromatic heterocycles. The van der Waals surface area contributed by atoms with Crippen molar-refractivity contribution in [2.75, 3.05) is 14.2 Å². The fourth-order valence-electron chi connectivity index (χ4n) is 2.93. The van der Waals surface area contributed by atoms with Crippen molar-refractivity contribution in [2.45, 2.75) is 26.2 Å². The van der Waals surface area contributed by atoms with Gasteiger partial charge in [0.15, 0.2) is 11.3 Å². The zero-order chi connectivity index (χ0) is 16.9. The molecule has 0 aliphatic heterocycles. The van der Waals surface area contributed by atoms with Crippen LogP contribution < -0.4 is 0 Å². The van der Waals surface area contributed by atoms with E-state index in [9.17, 15) is 24.9 Å². The Kier molecular flexibility index (Phi) is 5.64. The molecule has 4 atom stereocenters. The van der Waals surface area contributed by atoms with Crippen LogP contribution in [0.25, 0.3) is 0 Å². The van der Waals surface area contributed by atoms with Crippen LogP contribution in [0.1, 0.15) is 26.2 Å². The Hall–Kier alpha value is -2.41. The van der Waals surface area contributed by atoms with Gasteiger partial charge in [-0.2, -0.15) is 10.5 Å². The molecule has 0 aromatic rings. The third-order valence-electron chi connectivity index (χ3n) is 4.19. The molecule has 22 heavy (non-hydrogen) atoms. The molecule has 1 aliphatic carbocycles. The molecular weight excluding hydrogens is 288 g/mol. The Morgan fingerprint density at radius 3 is 2.41 bits per heavy atom. The Morgan fingerprint density at radius 2 is 1.95 bits per heavy atom. The fraction of sp³-hybridized carbons (Fsp3) is 0.667. The van der Waals surface area contributed by atoms with Crippen LogP contribution in [0.3, 0.4) is 0 Å². The second kappa shape index (κ2) is 7.04. The minimum atomic E-state index is -2.18. The molecule has 1 saturated carbocycles. The summed E-state index contributed by atoms with van der Waals surface area (Å²) in [4.78, 5) is 36.4. The molecule has 118 valence electrons. The Balaban J connectivity index is 3.49. The SMILES string of the molecule is COC(=O)C(C#N)C(C#N)(C(=O)OC)C1CC(C)CCC1=O. The van der Waals surface area contributed by atoms with Crippen LogP contribution in [0.15, 0.2) is 0 Å². The van der Waals surface area contributed by atoms with Crippen molar-refractivity contribution < 1.29 is 23.9 Å². The number of esters is 2. The van der Waals surface area contributed by atoms with E-state index in [2.05, 4.69) is 9.47 Å². The van der Waals surface area contributed by atoms with E-state index in [1.165, 1.54) is 0 Å². The van der Waals surface area contributed by atoms with Gasteiger partial charge in [-0.15, -0.1) is 0 Å². The molecule has 0 amide bonds. The van der Waals surface area contributed by atoms with Gasteiger partial charge in [-0.05, 0) is 18.8 Å². The first kappa shape index (κ1) is 17.6.